The summed E-state index contributed by atoms with van der Waals surface area (Å²) in [5.74, 6) is 0.632. The minimum absolute atomic E-state index is 0.0918. The first-order valence-corrected chi connectivity index (χ1v) is 7.24. The molecule has 0 saturated heterocycles. The smallest absolute Gasteiger partial charge is 0.309 e. The van der Waals surface area contributed by atoms with Crippen LogP contribution in [-0.4, -0.2) is 12.6 Å². The highest BCUT2D eigenvalue weighted by Gasteiger charge is 2.03. The van der Waals surface area contributed by atoms with Crippen molar-refractivity contribution < 1.29 is 9.53 Å². The SMILES string of the molecule is CC1CCC=CCCCC=CCC(=O)OCCC1. The Hall–Kier alpha value is -1.05. The molecule has 102 valence electrons. The molecule has 0 spiro atoms. The zero-order valence-corrected chi connectivity index (χ0v) is 11.6. The van der Waals surface area contributed by atoms with Crippen molar-refractivity contribution in [1.82, 2.24) is 0 Å². The number of hydrogen-bond donors (Lipinski definition) is 0. The van der Waals surface area contributed by atoms with Gasteiger partial charge in [0.15, 0.2) is 0 Å². The topological polar surface area (TPSA) is 26.3 Å². The molecule has 0 N–H and O–H groups in total. The first kappa shape index (κ1) is 15.0. The highest BCUT2D eigenvalue weighted by molar-refractivity contribution is 5.71. The molecule has 0 amide bonds. The van der Waals surface area contributed by atoms with Crippen LogP contribution in [0.25, 0.3) is 0 Å². The second-order valence-corrected chi connectivity index (χ2v) is 5.12. The van der Waals surface area contributed by atoms with Crippen LogP contribution in [0.4, 0.5) is 0 Å². The summed E-state index contributed by atoms with van der Waals surface area (Å²) in [4.78, 5) is 11.4. The number of ether oxygens (including phenoxy) is 1. The van der Waals surface area contributed by atoms with Gasteiger partial charge in [0, 0.05) is 0 Å². The molecular weight excluding hydrogens is 224 g/mol. The number of esters is 1. The molecule has 2 nitrogen and oxygen atoms in total. The summed E-state index contributed by atoms with van der Waals surface area (Å²) < 4.78 is 5.19. The average Bonchev–Trinajstić information content (AvgIpc) is 2.35. The number of carbonyl (C=O) groups excluding carboxylic acids is 1. The Labute approximate surface area is 111 Å². The van der Waals surface area contributed by atoms with Crippen molar-refractivity contribution >= 4 is 5.97 Å². The van der Waals surface area contributed by atoms with Crippen molar-refractivity contribution in [2.45, 2.75) is 58.3 Å². The van der Waals surface area contributed by atoms with E-state index in [4.69, 9.17) is 4.74 Å². The molecule has 1 aliphatic rings. The molecule has 0 fully saturated rings. The zero-order chi connectivity index (χ0) is 13.1. The van der Waals surface area contributed by atoms with E-state index >= 15 is 0 Å². The van der Waals surface area contributed by atoms with E-state index in [1.165, 1.54) is 12.8 Å². The lowest BCUT2D eigenvalue weighted by Crippen LogP contribution is -2.06. The lowest BCUT2D eigenvalue weighted by Gasteiger charge is -2.10. The zero-order valence-electron chi connectivity index (χ0n) is 11.6. The van der Waals surface area contributed by atoms with Crippen LogP contribution >= 0.6 is 0 Å². The third-order valence-corrected chi connectivity index (χ3v) is 3.29. The Balaban J connectivity index is 2.34. The van der Waals surface area contributed by atoms with E-state index in [2.05, 4.69) is 25.2 Å². The third-order valence-electron chi connectivity index (χ3n) is 3.29. The van der Waals surface area contributed by atoms with E-state index in [1.54, 1.807) is 0 Å². The number of hydrogen-bond acceptors (Lipinski definition) is 2. The second-order valence-electron chi connectivity index (χ2n) is 5.12. The van der Waals surface area contributed by atoms with Crippen LogP contribution in [0, 0.1) is 5.92 Å². The molecule has 1 rings (SSSR count). The molecular formula is C16H26O2. The summed E-state index contributed by atoms with van der Waals surface area (Å²) >= 11 is 0. The second kappa shape index (κ2) is 9.93. The number of cyclic esters (lactones) is 1. The van der Waals surface area contributed by atoms with E-state index in [1.807, 2.05) is 6.08 Å². The van der Waals surface area contributed by atoms with Gasteiger partial charge < -0.3 is 4.74 Å². The average molecular weight is 250 g/mol. The lowest BCUT2D eigenvalue weighted by atomic mass is 10.00. The van der Waals surface area contributed by atoms with Crippen LogP contribution in [0.3, 0.4) is 0 Å². The third kappa shape index (κ3) is 8.10. The molecule has 0 aromatic heterocycles. The van der Waals surface area contributed by atoms with Gasteiger partial charge in [0.2, 0.25) is 0 Å². The fourth-order valence-electron chi connectivity index (χ4n) is 2.09. The fourth-order valence-corrected chi connectivity index (χ4v) is 2.09. The monoisotopic (exact) mass is 250 g/mol. The minimum atomic E-state index is -0.0918. The van der Waals surface area contributed by atoms with Gasteiger partial charge in [0.1, 0.15) is 0 Å². The van der Waals surface area contributed by atoms with Gasteiger partial charge in [0.25, 0.3) is 0 Å². The van der Waals surface area contributed by atoms with Gasteiger partial charge in [0.05, 0.1) is 13.0 Å². The molecule has 2 heteroatoms. The van der Waals surface area contributed by atoms with Crippen molar-refractivity contribution in [3.8, 4) is 0 Å². The summed E-state index contributed by atoms with van der Waals surface area (Å²) in [6.45, 7) is 2.86. The van der Waals surface area contributed by atoms with Gasteiger partial charge in [-0.15, -0.1) is 0 Å². The fraction of sp³-hybridized carbons (Fsp3) is 0.688. The first-order valence-electron chi connectivity index (χ1n) is 7.24. The van der Waals surface area contributed by atoms with Crippen LogP contribution in [0.1, 0.15) is 58.3 Å². The van der Waals surface area contributed by atoms with Crippen molar-refractivity contribution in [3.63, 3.8) is 0 Å². The van der Waals surface area contributed by atoms with Gasteiger partial charge in [-0.05, 0) is 50.9 Å². The Kier molecular flexibility index (Phi) is 8.28. The summed E-state index contributed by atoms with van der Waals surface area (Å²) in [6.07, 6.45) is 17.0. The van der Waals surface area contributed by atoms with E-state index in [0.29, 0.717) is 13.0 Å². The molecule has 1 heterocycles. The van der Waals surface area contributed by atoms with E-state index < -0.39 is 0 Å². The van der Waals surface area contributed by atoms with Gasteiger partial charge in [-0.25, -0.2) is 0 Å². The van der Waals surface area contributed by atoms with E-state index in [-0.39, 0.29) is 5.97 Å². The molecule has 18 heavy (non-hydrogen) atoms. The Morgan fingerprint density at radius 3 is 2.56 bits per heavy atom. The molecule has 0 bridgehead atoms. The van der Waals surface area contributed by atoms with Crippen molar-refractivity contribution in [1.29, 1.82) is 0 Å². The molecule has 0 aromatic carbocycles. The molecule has 1 atom stereocenters. The van der Waals surface area contributed by atoms with Crippen molar-refractivity contribution in [2.24, 2.45) is 5.92 Å². The molecule has 0 radical (unpaired) electrons. The van der Waals surface area contributed by atoms with Crippen molar-refractivity contribution in [3.05, 3.63) is 24.3 Å². The minimum Gasteiger partial charge on any atom is -0.465 e. The van der Waals surface area contributed by atoms with Crippen LogP contribution in [0.2, 0.25) is 0 Å². The highest BCUT2D eigenvalue weighted by Crippen LogP contribution is 2.13. The maximum absolute atomic E-state index is 11.4. The lowest BCUT2D eigenvalue weighted by molar-refractivity contribution is -0.142. The van der Waals surface area contributed by atoms with Gasteiger partial charge in [-0.3, -0.25) is 4.79 Å². The summed E-state index contributed by atoms with van der Waals surface area (Å²) in [5.41, 5.74) is 0. The summed E-state index contributed by atoms with van der Waals surface area (Å²) in [5, 5.41) is 0. The molecule has 0 saturated carbocycles. The summed E-state index contributed by atoms with van der Waals surface area (Å²) in [7, 11) is 0. The van der Waals surface area contributed by atoms with Gasteiger partial charge in [-0.1, -0.05) is 31.2 Å². The first-order chi connectivity index (χ1) is 8.79. The Morgan fingerprint density at radius 1 is 1.00 bits per heavy atom. The molecule has 0 aromatic rings. The normalized spacial score (nSPS) is 24.7. The van der Waals surface area contributed by atoms with Crippen LogP contribution in [-0.2, 0) is 9.53 Å². The Bertz CT molecular complexity index is 279. The van der Waals surface area contributed by atoms with Gasteiger partial charge in [-0.2, -0.15) is 0 Å². The Morgan fingerprint density at radius 2 is 1.72 bits per heavy atom. The standard InChI is InChI=1S/C16H26O2/c1-15-11-8-6-4-2-3-5-7-9-13-16(17)18-14-10-12-15/h4,6-7,9,15H,2-3,5,8,10-14H2,1H3. The number of carbonyl (C=O) groups is 1. The highest BCUT2D eigenvalue weighted by atomic mass is 16.5. The molecule has 1 unspecified atom stereocenters. The van der Waals surface area contributed by atoms with Crippen molar-refractivity contribution in [2.75, 3.05) is 6.61 Å². The van der Waals surface area contributed by atoms with E-state index in [9.17, 15) is 4.79 Å². The maximum Gasteiger partial charge on any atom is 0.309 e. The largest absolute Gasteiger partial charge is 0.465 e. The number of allylic oxidation sites excluding steroid dienone is 3. The quantitative estimate of drug-likeness (QED) is 0.470. The maximum atomic E-state index is 11.4. The molecule has 0 aliphatic carbocycles. The predicted molar refractivity (Wildman–Crippen MR) is 75.3 cm³/mol. The van der Waals surface area contributed by atoms with Crippen LogP contribution in [0.15, 0.2) is 24.3 Å². The molecule has 1 aliphatic heterocycles. The summed E-state index contributed by atoms with van der Waals surface area (Å²) in [6, 6.07) is 0. The van der Waals surface area contributed by atoms with E-state index in [0.717, 1.165) is 38.0 Å². The predicted octanol–water partition coefficient (Wildman–Crippen LogP) is 4.41. The number of rotatable bonds is 0. The van der Waals surface area contributed by atoms with Crippen LogP contribution < -0.4 is 0 Å². The van der Waals surface area contributed by atoms with Gasteiger partial charge >= 0.3 is 5.97 Å². The van der Waals surface area contributed by atoms with Crippen LogP contribution in [0.5, 0.6) is 0 Å².